The van der Waals surface area contributed by atoms with Crippen LogP contribution in [0.1, 0.15) is 35.9 Å². The summed E-state index contributed by atoms with van der Waals surface area (Å²) in [6, 6.07) is 6.83. The van der Waals surface area contributed by atoms with Gasteiger partial charge in [0, 0.05) is 11.4 Å². The van der Waals surface area contributed by atoms with E-state index in [0.717, 1.165) is 41.7 Å². The number of rotatable bonds is 5. The third kappa shape index (κ3) is 4.59. The van der Waals surface area contributed by atoms with Gasteiger partial charge in [-0.1, -0.05) is 36.0 Å². The molecule has 1 saturated heterocycles. The fourth-order valence-corrected chi connectivity index (χ4v) is 5.17. The van der Waals surface area contributed by atoms with Gasteiger partial charge in [0.15, 0.2) is 5.13 Å². The third-order valence-electron chi connectivity index (χ3n) is 4.69. The fraction of sp³-hybridized carbons (Fsp3) is 0.500. The molecule has 2 heterocycles. The quantitative estimate of drug-likeness (QED) is 0.858. The number of sulfonamides is 1. The molecule has 1 N–H and O–H groups in total. The van der Waals surface area contributed by atoms with Crippen molar-refractivity contribution in [1.29, 1.82) is 0 Å². The second-order valence-electron chi connectivity index (χ2n) is 6.90. The van der Waals surface area contributed by atoms with E-state index in [-0.39, 0.29) is 4.90 Å². The Morgan fingerprint density at radius 3 is 2.48 bits per heavy atom. The average Bonchev–Trinajstić information content (AvgIpc) is 2.88. The van der Waals surface area contributed by atoms with Gasteiger partial charge in [0.05, 0.1) is 10.6 Å². The van der Waals surface area contributed by atoms with Gasteiger partial charge in [-0.15, -0.1) is 0 Å². The van der Waals surface area contributed by atoms with Crippen molar-refractivity contribution in [3.8, 4) is 0 Å². The summed E-state index contributed by atoms with van der Waals surface area (Å²) in [5.74, 6) is 0.802. The van der Waals surface area contributed by atoms with Gasteiger partial charge in [-0.2, -0.15) is 0 Å². The minimum atomic E-state index is -3.59. The summed E-state index contributed by atoms with van der Waals surface area (Å²) in [4.78, 5) is 8.25. The summed E-state index contributed by atoms with van der Waals surface area (Å²) in [5, 5.41) is 0.443. The number of nitrogens with zero attached hydrogens (tertiary/aromatic N) is 2. The summed E-state index contributed by atoms with van der Waals surface area (Å²) in [6.07, 6.45) is 2.45. The van der Waals surface area contributed by atoms with Gasteiger partial charge in [0.25, 0.3) is 10.0 Å². The second-order valence-corrected chi connectivity index (χ2v) is 9.67. The Kier molecular flexibility index (Phi) is 5.46. The lowest BCUT2D eigenvalue weighted by atomic mass is 9.99. The van der Waals surface area contributed by atoms with E-state index in [1.165, 1.54) is 24.2 Å². The first kappa shape index (κ1) is 18.4. The van der Waals surface area contributed by atoms with Crippen molar-refractivity contribution in [2.24, 2.45) is 5.92 Å². The largest absolute Gasteiger partial charge is 0.298 e. The van der Waals surface area contributed by atoms with Crippen LogP contribution < -0.4 is 4.72 Å². The van der Waals surface area contributed by atoms with Crippen molar-refractivity contribution in [1.82, 2.24) is 9.88 Å². The zero-order chi connectivity index (χ0) is 18.0. The first-order valence-electron chi connectivity index (χ1n) is 8.61. The molecule has 0 radical (unpaired) electrons. The number of hydrogen-bond donors (Lipinski definition) is 1. The molecule has 0 bridgehead atoms. The van der Waals surface area contributed by atoms with Crippen molar-refractivity contribution >= 4 is 26.5 Å². The molecule has 0 unspecified atom stereocenters. The predicted octanol–water partition coefficient (Wildman–Crippen LogP) is 3.79. The number of hydrogen-bond acceptors (Lipinski definition) is 5. The molecular formula is C18H25N3O2S2. The highest BCUT2D eigenvalue weighted by Crippen LogP contribution is 2.28. The molecule has 1 aliphatic rings. The third-order valence-corrected chi connectivity index (χ3v) is 7.23. The molecule has 25 heavy (non-hydrogen) atoms. The van der Waals surface area contributed by atoms with E-state index < -0.39 is 10.0 Å². The van der Waals surface area contributed by atoms with Crippen LogP contribution in [0.25, 0.3) is 0 Å². The molecule has 1 aromatic heterocycles. The molecule has 0 amide bonds. The molecule has 0 spiro atoms. The SMILES string of the molecule is Cc1ccc(S(=O)(=O)Nc2nc(C)c(CN3CCC(C)CC3)s2)cc1. The van der Waals surface area contributed by atoms with Crippen LogP contribution in [-0.2, 0) is 16.6 Å². The number of anilines is 1. The van der Waals surface area contributed by atoms with E-state index in [9.17, 15) is 8.42 Å². The number of aryl methyl sites for hydroxylation is 2. The van der Waals surface area contributed by atoms with Crippen molar-refractivity contribution in [3.05, 3.63) is 40.4 Å². The smallest absolute Gasteiger partial charge is 0.263 e. The van der Waals surface area contributed by atoms with Crippen LogP contribution in [0.5, 0.6) is 0 Å². The Labute approximate surface area is 154 Å². The summed E-state index contributed by atoms with van der Waals surface area (Å²) in [7, 11) is -3.59. The Morgan fingerprint density at radius 2 is 1.84 bits per heavy atom. The number of benzene rings is 1. The number of piperidine rings is 1. The fourth-order valence-electron chi connectivity index (χ4n) is 2.93. The highest BCUT2D eigenvalue weighted by molar-refractivity contribution is 7.93. The van der Waals surface area contributed by atoms with Gasteiger partial charge < -0.3 is 0 Å². The molecule has 136 valence electrons. The van der Waals surface area contributed by atoms with Crippen molar-refractivity contribution < 1.29 is 8.42 Å². The van der Waals surface area contributed by atoms with Crippen LogP contribution in [0, 0.1) is 19.8 Å². The van der Waals surface area contributed by atoms with Crippen molar-refractivity contribution in [2.45, 2.75) is 45.1 Å². The van der Waals surface area contributed by atoms with Crippen molar-refractivity contribution in [2.75, 3.05) is 17.8 Å². The number of nitrogens with one attached hydrogen (secondary N) is 1. The van der Waals surface area contributed by atoms with Crippen LogP contribution >= 0.6 is 11.3 Å². The first-order valence-corrected chi connectivity index (χ1v) is 10.9. The Balaban J connectivity index is 1.70. The number of likely N-dealkylation sites (tertiary alicyclic amines) is 1. The second kappa shape index (κ2) is 7.43. The summed E-state index contributed by atoms with van der Waals surface area (Å²) < 4.78 is 27.6. The maximum Gasteiger partial charge on any atom is 0.263 e. The van der Waals surface area contributed by atoms with Crippen molar-refractivity contribution in [3.63, 3.8) is 0 Å². The van der Waals surface area contributed by atoms with E-state index in [2.05, 4.69) is 21.5 Å². The van der Waals surface area contributed by atoms with E-state index in [0.29, 0.717) is 5.13 Å². The highest BCUT2D eigenvalue weighted by atomic mass is 32.2. The maximum absolute atomic E-state index is 12.5. The lowest BCUT2D eigenvalue weighted by Gasteiger charge is -2.29. The van der Waals surface area contributed by atoms with Crippen LogP contribution in [-0.4, -0.2) is 31.4 Å². The molecule has 0 atom stereocenters. The minimum absolute atomic E-state index is 0.262. The Bertz CT molecular complexity index is 821. The molecule has 0 aliphatic carbocycles. The molecular weight excluding hydrogens is 354 g/mol. The predicted molar refractivity (Wildman–Crippen MR) is 103 cm³/mol. The van der Waals surface area contributed by atoms with Crippen LogP contribution in [0.3, 0.4) is 0 Å². The molecule has 7 heteroatoms. The monoisotopic (exact) mass is 379 g/mol. The van der Waals surface area contributed by atoms with Gasteiger partial charge in [0.2, 0.25) is 0 Å². The summed E-state index contributed by atoms with van der Waals surface area (Å²) in [6.45, 7) is 9.23. The minimum Gasteiger partial charge on any atom is -0.298 e. The van der Waals surface area contributed by atoms with E-state index >= 15 is 0 Å². The molecule has 1 fully saturated rings. The molecule has 2 aromatic rings. The standard InChI is InChI=1S/C18H25N3O2S2/c1-13-4-6-16(7-5-13)25(22,23)20-18-19-15(3)17(24-18)12-21-10-8-14(2)9-11-21/h4-7,14H,8-12H2,1-3H3,(H,19,20). The van der Waals surface area contributed by atoms with E-state index in [1.807, 2.05) is 13.8 Å². The Morgan fingerprint density at radius 1 is 1.20 bits per heavy atom. The molecule has 0 saturated carbocycles. The van der Waals surface area contributed by atoms with Gasteiger partial charge in [-0.25, -0.2) is 13.4 Å². The van der Waals surface area contributed by atoms with Crippen LogP contribution in [0.15, 0.2) is 29.2 Å². The molecule has 1 aliphatic heterocycles. The first-order chi connectivity index (χ1) is 11.8. The van der Waals surface area contributed by atoms with Crippen LogP contribution in [0.4, 0.5) is 5.13 Å². The molecule has 5 nitrogen and oxygen atoms in total. The number of aromatic nitrogens is 1. The normalized spacial score (nSPS) is 16.9. The Hall–Kier alpha value is -1.44. The van der Waals surface area contributed by atoms with Gasteiger partial charge in [-0.05, 0) is 57.8 Å². The van der Waals surface area contributed by atoms with Crippen LogP contribution in [0.2, 0.25) is 0 Å². The summed E-state index contributed by atoms with van der Waals surface area (Å²) in [5.41, 5.74) is 1.94. The highest BCUT2D eigenvalue weighted by Gasteiger charge is 2.20. The van der Waals surface area contributed by atoms with E-state index in [1.54, 1.807) is 24.3 Å². The lowest BCUT2D eigenvalue weighted by Crippen LogP contribution is -2.32. The lowest BCUT2D eigenvalue weighted by molar-refractivity contribution is 0.186. The van der Waals surface area contributed by atoms with E-state index in [4.69, 9.17) is 0 Å². The maximum atomic E-state index is 12.5. The number of thiazole rings is 1. The van der Waals surface area contributed by atoms with Gasteiger partial charge in [0.1, 0.15) is 0 Å². The summed E-state index contributed by atoms with van der Waals surface area (Å²) >= 11 is 1.44. The zero-order valence-electron chi connectivity index (χ0n) is 14.9. The molecule has 1 aromatic carbocycles. The topological polar surface area (TPSA) is 62.3 Å². The zero-order valence-corrected chi connectivity index (χ0v) is 16.6. The average molecular weight is 380 g/mol. The van der Waals surface area contributed by atoms with Gasteiger partial charge in [-0.3, -0.25) is 9.62 Å². The van der Waals surface area contributed by atoms with Gasteiger partial charge >= 0.3 is 0 Å². The molecule has 3 rings (SSSR count).